The van der Waals surface area contributed by atoms with Gasteiger partial charge in [-0.15, -0.1) is 0 Å². The summed E-state index contributed by atoms with van der Waals surface area (Å²) in [5.41, 5.74) is -0.129. The molecule has 0 aliphatic heterocycles. The van der Waals surface area contributed by atoms with Crippen molar-refractivity contribution in [1.29, 1.82) is 0 Å². The highest BCUT2D eigenvalue weighted by molar-refractivity contribution is 4.76. The van der Waals surface area contributed by atoms with Crippen LogP contribution in [0.5, 0.6) is 0 Å². The Morgan fingerprint density at radius 2 is 1.47 bits per heavy atom. The van der Waals surface area contributed by atoms with Gasteiger partial charge in [0.2, 0.25) is 0 Å². The van der Waals surface area contributed by atoms with Crippen molar-refractivity contribution in [3.05, 3.63) is 0 Å². The first kappa shape index (κ1) is 16.9. The van der Waals surface area contributed by atoms with Crippen molar-refractivity contribution in [2.75, 3.05) is 13.2 Å². The molecule has 2 unspecified atom stereocenters. The maximum Gasteiger partial charge on any atom is 0.0707 e. The summed E-state index contributed by atoms with van der Waals surface area (Å²) < 4.78 is 17.6. The molecule has 1 fully saturated rings. The highest BCUT2D eigenvalue weighted by Crippen LogP contribution is 2.26. The van der Waals surface area contributed by atoms with E-state index in [-0.39, 0.29) is 11.2 Å². The van der Waals surface area contributed by atoms with E-state index >= 15 is 0 Å². The lowest BCUT2D eigenvalue weighted by Crippen LogP contribution is -2.34. The Bertz CT molecular complexity index is 250. The Morgan fingerprint density at radius 3 is 2.05 bits per heavy atom. The van der Waals surface area contributed by atoms with Crippen molar-refractivity contribution in [3.63, 3.8) is 0 Å². The molecule has 19 heavy (non-hydrogen) atoms. The molecule has 0 spiro atoms. The molecule has 3 nitrogen and oxygen atoms in total. The fourth-order valence-corrected chi connectivity index (χ4v) is 2.42. The quantitative estimate of drug-likeness (QED) is 0.709. The van der Waals surface area contributed by atoms with Crippen LogP contribution in [0.25, 0.3) is 0 Å². The molecule has 1 saturated carbocycles. The van der Waals surface area contributed by atoms with Gasteiger partial charge in [-0.25, -0.2) is 0 Å². The van der Waals surface area contributed by atoms with Gasteiger partial charge in [0.15, 0.2) is 0 Å². The van der Waals surface area contributed by atoms with Gasteiger partial charge in [-0.05, 0) is 67.2 Å². The van der Waals surface area contributed by atoms with Crippen LogP contribution < -0.4 is 0 Å². The van der Waals surface area contributed by atoms with E-state index in [0.717, 1.165) is 19.3 Å². The van der Waals surface area contributed by atoms with Crippen molar-refractivity contribution in [1.82, 2.24) is 0 Å². The topological polar surface area (TPSA) is 27.7 Å². The zero-order valence-electron chi connectivity index (χ0n) is 13.6. The van der Waals surface area contributed by atoms with Crippen molar-refractivity contribution in [3.8, 4) is 0 Å². The van der Waals surface area contributed by atoms with Gasteiger partial charge in [0.05, 0.1) is 36.6 Å². The van der Waals surface area contributed by atoms with Gasteiger partial charge in [-0.1, -0.05) is 0 Å². The average Bonchev–Trinajstić information content (AvgIpc) is 2.21. The Hall–Kier alpha value is -0.120. The van der Waals surface area contributed by atoms with E-state index in [2.05, 4.69) is 41.5 Å². The van der Waals surface area contributed by atoms with E-state index in [1.54, 1.807) is 0 Å². The van der Waals surface area contributed by atoms with Gasteiger partial charge < -0.3 is 14.2 Å². The van der Waals surface area contributed by atoms with Crippen LogP contribution in [0.2, 0.25) is 0 Å². The van der Waals surface area contributed by atoms with Gasteiger partial charge in [-0.2, -0.15) is 0 Å². The van der Waals surface area contributed by atoms with E-state index in [1.807, 2.05) is 0 Å². The van der Waals surface area contributed by atoms with Gasteiger partial charge in [-0.3, -0.25) is 0 Å². The van der Waals surface area contributed by atoms with Crippen LogP contribution >= 0.6 is 0 Å². The van der Waals surface area contributed by atoms with E-state index in [4.69, 9.17) is 14.2 Å². The first-order valence-electron chi connectivity index (χ1n) is 7.59. The van der Waals surface area contributed by atoms with Gasteiger partial charge >= 0.3 is 0 Å². The number of ether oxygens (including phenoxy) is 3. The SMILES string of the molecule is CC(C)(C)OCCOC1CCCC(OC(C)(C)C)C1. The lowest BCUT2D eigenvalue weighted by atomic mass is 9.94. The molecule has 3 heteroatoms. The van der Waals surface area contributed by atoms with Crippen LogP contribution in [-0.4, -0.2) is 36.6 Å². The van der Waals surface area contributed by atoms with Gasteiger partial charge in [0, 0.05) is 0 Å². The molecule has 2 atom stereocenters. The van der Waals surface area contributed by atoms with Crippen molar-refractivity contribution >= 4 is 0 Å². The van der Waals surface area contributed by atoms with Crippen molar-refractivity contribution in [2.45, 2.75) is 90.6 Å². The lowest BCUT2D eigenvalue weighted by Gasteiger charge is -2.34. The molecule has 0 aromatic heterocycles. The molecule has 0 saturated heterocycles. The number of hydrogen-bond donors (Lipinski definition) is 0. The van der Waals surface area contributed by atoms with E-state index in [9.17, 15) is 0 Å². The summed E-state index contributed by atoms with van der Waals surface area (Å²) in [6, 6.07) is 0. The minimum absolute atomic E-state index is 0.0537. The lowest BCUT2D eigenvalue weighted by molar-refractivity contribution is -0.112. The smallest absolute Gasteiger partial charge is 0.0707 e. The Morgan fingerprint density at radius 1 is 0.842 bits per heavy atom. The first-order chi connectivity index (χ1) is 8.66. The maximum atomic E-state index is 6.06. The summed E-state index contributed by atoms with van der Waals surface area (Å²) in [7, 11) is 0. The van der Waals surface area contributed by atoms with Crippen LogP contribution in [0.15, 0.2) is 0 Å². The molecule has 0 aromatic rings. The maximum absolute atomic E-state index is 6.06. The standard InChI is InChI=1S/C16H32O3/c1-15(2,3)18-11-10-17-13-8-7-9-14(12-13)19-16(4,5)6/h13-14H,7-12H2,1-6H3. The van der Waals surface area contributed by atoms with Gasteiger partial charge in [0.25, 0.3) is 0 Å². The summed E-state index contributed by atoms with van der Waals surface area (Å²) in [6.07, 6.45) is 5.22. The zero-order chi connectivity index (χ0) is 14.5. The second-order valence-corrected chi connectivity index (χ2v) is 7.47. The third-order valence-corrected chi connectivity index (χ3v) is 3.07. The number of hydrogen-bond acceptors (Lipinski definition) is 3. The zero-order valence-corrected chi connectivity index (χ0v) is 13.6. The van der Waals surface area contributed by atoms with Crippen LogP contribution in [-0.2, 0) is 14.2 Å². The monoisotopic (exact) mass is 272 g/mol. The molecule has 1 rings (SSSR count). The van der Waals surface area contributed by atoms with Gasteiger partial charge in [0.1, 0.15) is 0 Å². The van der Waals surface area contributed by atoms with Crippen molar-refractivity contribution in [2.24, 2.45) is 0 Å². The Labute approximate surface area is 119 Å². The predicted molar refractivity (Wildman–Crippen MR) is 78.5 cm³/mol. The third kappa shape index (κ3) is 8.61. The molecule has 0 heterocycles. The molecule has 1 aliphatic carbocycles. The van der Waals surface area contributed by atoms with Crippen LogP contribution in [0.4, 0.5) is 0 Å². The normalized spacial score (nSPS) is 25.6. The van der Waals surface area contributed by atoms with E-state index < -0.39 is 0 Å². The van der Waals surface area contributed by atoms with Crippen LogP contribution in [0.1, 0.15) is 67.2 Å². The van der Waals surface area contributed by atoms with E-state index in [1.165, 1.54) is 6.42 Å². The van der Waals surface area contributed by atoms with Crippen LogP contribution in [0, 0.1) is 0 Å². The molecule has 0 radical (unpaired) electrons. The average molecular weight is 272 g/mol. The molecular formula is C16H32O3. The molecule has 114 valence electrons. The molecule has 1 aliphatic rings. The molecular weight excluding hydrogens is 240 g/mol. The summed E-state index contributed by atoms with van der Waals surface area (Å²) in [6.45, 7) is 13.9. The second-order valence-electron chi connectivity index (χ2n) is 7.47. The minimum atomic E-state index is -0.0756. The number of rotatable bonds is 5. The predicted octanol–water partition coefficient (Wildman–Crippen LogP) is 3.94. The van der Waals surface area contributed by atoms with Crippen molar-refractivity contribution < 1.29 is 14.2 Å². The molecule has 0 bridgehead atoms. The summed E-state index contributed by atoms with van der Waals surface area (Å²) in [5.74, 6) is 0. The largest absolute Gasteiger partial charge is 0.376 e. The highest BCUT2D eigenvalue weighted by atomic mass is 16.5. The first-order valence-corrected chi connectivity index (χ1v) is 7.59. The highest BCUT2D eigenvalue weighted by Gasteiger charge is 2.26. The van der Waals surface area contributed by atoms with E-state index in [0.29, 0.717) is 25.4 Å². The Balaban J connectivity index is 2.20. The third-order valence-electron chi connectivity index (χ3n) is 3.07. The molecule has 0 N–H and O–H groups in total. The summed E-state index contributed by atoms with van der Waals surface area (Å²) in [5, 5.41) is 0. The Kier molecular flexibility index (Phi) is 6.28. The summed E-state index contributed by atoms with van der Waals surface area (Å²) in [4.78, 5) is 0. The fourth-order valence-electron chi connectivity index (χ4n) is 2.42. The summed E-state index contributed by atoms with van der Waals surface area (Å²) >= 11 is 0. The molecule has 0 amide bonds. The second kappa shape index (κ2) is 7.05. The van der Waals surface area contributed by atoms with Crippen LogP contribution in [0.3, 0.4) is 0 Å². The fraction of sp³-hybridized carbons (Fsp3) is 1.00. The molecule has 0 aromatic carbocycles. The minimum Gasteiger partial charge on any atom is -0.376 e.